The van der Waals surface area contributed by atoms with Gasteiger partial charge in [0.25, 0.3) is 5.69 Å². The fraction of sp³-hybridized carbons (Fsp3) is 0.524. The molecule has 11 heteroatoms. The predicted molar refractivity (Wildman–Crippen MR) is 111 cm³/mol. The van der Waals surface area contributed by atoms with Crippen LogP contribution >= 0.6 is 0 Å². The number of barbiturate groups is 1. The monoisotopic (exact) mass is 444 g/mol. The van der Waals surface area contributed by atoms with Crippen molar-refractivity contribution in [1.82, 2.24) is 9.80 Å². The summed E-state index contributed by atoms with van der Waals surface area (Å²) >= 11 is 0. The van der Waals surface area contributed by atoms with Crippen LogP contribution in [-0.4, -0.2) is 71.8 Å². The first-order valence-electron chi connectivity index (χ1n) is 10.4. The van der Waals surface area contributed by atoms with Crippen LogP contribution in [0.5, 0.6) is 0 Å². The van der Waals surface area contributed by atoms with Crippen molar-refractivity contribution in [2.75, 3.05) is 32.1 Å². The van der Waals surface area contributed by atoms with E-state index in [4.69, 9.17) is 4.74 Å². The van der Waals surface area contributed by atoms with Crippen LogP contribution in [0.15, 0.2) is 18.2 Å². The molecule has 0 radical (unpaired) electrons. The summed E-state index contributed by atoms with van der Waals surface area (Å²) in [5.41, 5.74) is -0.642. The van der Waals surface area contributed by atoms with Crippen molar-refractivity contribution in [3.05, 3.63) is 33.9 Å². The number of benzene rings is 1. The van der Waals surface area contributed by atoms with Crippen LogP contribution in [0.2, 0.25) is 0 Å². The zero-order valence-electron chi connectivity index (χ0n) is 18.1. The fourth-order valence-electron chi connectivity index (χ4n) is 5.25. The molecule has 1 aromatic carbocycles. The molecular formula is C21H24N4O7. The highest BCUT2D eigenvalue weighted by Crippen LogP contribution is 2.50. The zero-order valence-corrected chi connectivity index (χ0v) is 18.1. The standard InChI is InChI=1S/C21H24N4O7/c1-4-32-17(26)12-7-8-24-15-6-5-14(25(30)31)9-13(15)11-21(16(24)10-12)18(27)22(2)20(29)23(3)19(21)28/h5-6,9,12,16H,4,7-8,10-11H2,1-3H3/t12-,16-/m0/s1. The van der Waals surface area contributed by atoms with Crippen LogP contribution in [0.25, 0.3) is 0 Å². The number of esters is 1. The van der Waals surface area contributed by atoms with Gasteiger partial charge in [0.15, 0.2) is 5.41 Å². The summed E-state index contributed by atoms with van der Waals surface area (Å²) in [5.74, 6) is -2.21. The van der Waals surface area contributed by atoms with E-state index in [1.165, 1.54) is 26.2 Å². The minimum atomic E-state index is -1.68. The summed E-state index contributed by atoms with van der Waals surface area (Å²) in [6.07, 6.45) is 0.553. The molecule has 170 valence electrons. The number of piperidine rings is 1. The molecule has 2 fully saturated rings. The largest absolute Gasteiger partial charge is 0.466 e. The molecule has 0 N–H and O–H groups in total. The summed E-state index contributed by atoms with van der Waals surface area (Å²) in [6.45, 7) is 2.30. The third-order valence-corrected chi connectivity index (χ3v) is 6.79. The van der Waals surface area contributed by atoms with Crippen molar-refractivity contribution in [1.29, 1.82) is 0 Å². The molecule has 3 aliphatic rings. The van der Waals surface area contributed by atoms with Gasteiger partial charge in [-0.05, 0) is 31.4 Å². The van der Waals surface area contributed by atoms with Crippen molar-refractivity contribution in [3.8, 4) is 0 Å². The Kier molecular flexibility index (Phi) is 5.14. The van der Waals surface area contributed by atoms with Gasteiger partial charge in [0.05, 0.1) is 23.5 Å². The number of amides is 4. The summed E-state index contributed by atoms with van der Waals surface area (Å²) in [4.78, 5) is 66.5. The quantitative estimate of drug-likeness (QED) is 0.295. The Morgan fingerprint density at radius 3 is 2.47 bits per heavy atom. The highest BCUT2D eigenvalue weighted by atomic mass is 16.6. The third-order valence-electron chi connectivity index (χ3n) is 6.79. The number of fused-ring (bicyclic) bond motifs is 4. The van der Waals surface area contributed by atoms with E-state index in [0.717, 1.165) is 9.80 Å². The Labute approximate surface area is 184 Å². The van der Waals surface area contributed by atoms with Crippen molar-refractivity contribution in [2.45, 2.75) is 32.2 Å². The highest BCUT2D eigenvalue weighted by Gasteiger charge is 2.64. The maximum Gasteiger partial charge on any atom is 0.332 e. The molecule has 0 aliphatic carbocycles. The van der Waals surface area contributed by atoms with Gasteiger partial charge in [-0.1, -0.05) is 0 Å². The number of ether oxygens (including phenoxy) is 1. The molecular weight excluding hydrogens is 420 g/mol. The summed E-state index contributed by atoms with van der Waals surface area (Å²) < 4.78 is 5.18. The van der Waals surface area contributed by atoms with E-state index >= 15 is 0 Å². The second-order valence-electron chi connectivity index (χ2n) is 8.41. The average molecular weight is 444 g/mol. The number of nitro groups is 1. The van der Waals surface area contributed by atoms with E-state index in [2.05, 4.69) is 0 Å². The van der Waals surface area contributed by atoms with E-state index in [-0.39, 0.29) is 31.1 Å². The number of nitro benzene ring substituents is 1. The van der Waals surface area contributed by atoms with Gasteiger partial charge in [-0.15, -0.1) is 0 Å². The van der Waals surface area contributed by atoms with Gasteiger partial charge in [0.1, 0.15) is 0 Å². The van der Waals surface area contributed by atoms with Gasteiger partial charge in [0, 0.05) is 44.9 Å². The number of imide groups is 2. The van der Waals surface area contributed by atoms with Crippen LogP contribution in [0, 0.1) is 21.4 Å². The van der Waals surface area contributed by atoms with Gasteiger partial charge < -0.3 is 9.64 Å². The number of carbonyl (C=O) groups excluding carboxylic acids is 4. The first-order chi connectivity index (χ1) is 15.1. The molecule has 0 bridgehead atoms. The smallest absolute Gasteiger partial charge is 0.332 e. The number of anilines is 1. The lowest BCUT2D eigenvalue weighted by molar-refractivity contribution is -0.384. The second kappa shape index (κ2) is 7.57. The number of urea groups is 1. The number of rotatable bonds is 3. The Morgan fingerprint density at radius 2 is 1.88 bits per heavy atom. The molecule has 4 rings (SSSR count). The average Bonchev–Trinajstić information content (AvgIpc) is 2.79. The number of nitrogens with zero attached hydrogens (tertiary/aromatic N) is 4. The number of carbonyl (C=O) groups is 4. The van der Waals surface area contributed by atoms with Crippen molar-refractivity contribution in [2.24, 2.45) is 11.3 Å². The fourth-order valence-corrected chi connectivity index (χ4v) is 5.25. The molecule has 2 saturated heterocycles. The molecule has 1 spiro atoms. The van der Waals surface area contributed by atoms with Crippen LogP contribution in [0.4, 0.5) is 16.2 Å². The van der Waals surface area contributed by atoms with Gasteiger partial charge in [-0.2, -0.15) is 0 Å². The Morgan fingerprint density at radius 1 is 1.22 bits per heavy atom. The lowest BCUT2D eigenvalue weighted by atomic mass is 9.64. The highest BCUT2D eigenvalue weighted by molar-refractivity contribution is 6.20. The molecule has 1 aromatic rings. The molecule has 0 unspecified atom stereocenters. The molecule has 3 aliphatic heterocycles. The topological polar surface area (TPSA) is 130 Å². The lowest BCUT2D eigenvalue weighted by Crippen LogP contribution is -2.72. The molecule has 0 saturated carbocycles. The first kappa shape index (κ1) is 21.7. The zero-order chi connectivity index (χ0) is 23.4. The van der Waals surface area contributed by atoms with E-state index in [1.54, 1.807) is 13.0 Å². The Balaban J connectivity index is 1.87. The SMILES string of the molecule is CCOC(=O)[C@H]1CCN2c3ccc([N+](=O)[O-])cc3CC3(C(=O)N(C)C(=O)N(C)C3=O)[C@@H]2C1. The maximum atomic E-state index is 13.5. The van der Waals surface area contributed by atoms with Gasteiger partial charge >= 0.3 is 12.0 Å². The Hall–Kier alpha value is -3.50. The van der Waals surface area contributed by atoms with Gasteiger partial charge in [-0.25, -0.2) is 4.79 Å². The molecule has 32 heavy (non-hydrogen) atoms. The summed E-state index contributed by atoms with van der Waals surface area (Å²) in [7, 11) is 2.63. The number of hydrogen-bond acceptors (Lipinski definition) is 8. The van der Waals surface area contributed by atoms with E-state index in [1.807, 2.05) is 4.90 Å². The minimum absolute atomic E-state index is 0.0969. The Bertz CT molecular complexity index is 1010. The second-order valence-corrected chi connectivity index (χ2v) is 8.41. The molecule has 4 amide bonds. The minimum Gasteiger partial charge on any atom is -0.466 e. The van der Waals surface area contributed by atoms with Crippen LogP contribution < -0.4 is 4.90 Å². The molecule has 11 nitrogen and oxygen atoms in total. The normalized spacial score (nSPS) is 24.3. The van der Waals surface area contributed by atoms with Crippen molar-refractivity contribution < 1.29 is 28.8 Å². The maximum absolute atomic E-state index is 13.5. The van der Waals surface area contributed by atoms with E-state index in [9.17, 15) is 29.3 Å². The van der Waals surface area contributed by atoms with E-state index < -0.39 is 40.1 Å². The van der Waals surface area contributed by atoms with Gasteiger partial charge in [-0.3, -0.25) is 34.3 Å². The van der Waals surface area contributed by atoms with E-state index in [0.29, 0.717) is 24.2 Å². The summed E-state index contributed by atoms with van der Waals surface area (Å²) in [6, 6.07) is 2.95. The third kappa shape index (κ3) is 2.94. The number of non-ortho nitro benzene ring substituents is 1. The molecule has 3 heterocycles. The lowest BCUT2D eigenvalue weighted by Gasteiger charge is -2.55. The molecule has 2 atom stereocenters. The van der Waals surface area contributed by atoms with Crippen LogP contribution in [-0.2, 0) is 25.5 Å². The van der Waals surface area contributed by atoms with Crippen molar-refractivity contribution in [3.63, 3.8) is 0 Å². The predicted octanol–water partition coefficient (Wildman–Crippen LogP) is 1.34. The van der Waals surface area contributed by atoms with Crippen molar-refractivity contribution >= 4 is 35.2 Å². The number of hydrogen-bond donors (Lipinski definition) is 0. The van der Waals surface area contributed by atoms with Crippen LogP contribution in [0.3, 0.4) is 0 Å². The van der Waals surface area contributed by atoms with Gasteiger partial charge in [0.2, 0.25) is 11.8 Å². The first-order valence-corrected chi connectivity index (χ1v) is 10.4. The summed E-state index contributed by atoms with van der Waals surface area (Å²) in [5, 5.41) is 11.3. The van der Waals surface area contributed by atoms with Crippen LogP contribution in [0.1, 0.15) is 25.3 Å². The molecule has 0 aromatic heterocycles.